The molecule has 0 spiro atoms. The summed E-state index contributed by atoms with van der Waals surface area (Å²) in [6.45, 7) is 1.68. The Balaban J connectivity index is 1.43. The van der Waals surface area contributed by atoms with Crippen LogP contribution in [0.4, 0.5) is 17.1 Å². The lowest BCUT2D eigenvalue weighted by Crippen LogP contribution is -2.30. The van der Waals surface area contributed by atoms with Gasteiger partial charge in [0.2, 0.25) is 5.91 Å². The summed E-state index contributed by atoms with van der Waals surface area (Å²) in [6, 6.07) is 26.6. The van der Waals surface area contributed by atoms with Crippen LogP contribution in [0.15, 0.2) is 108 Å². The van der Waals surface area contributed by atoms with Crippen molar-refractivity contribution in [2.24, 2.45) is 0 Å². The number of carbonyl (C=O) groups excluding carboxylic acids is 3. The van der Waals surface area contributed by atoms with Crippen LogP contribution in [0.2, 0.25) is 5.02 Å². The quantitative estimate of drug-likeness (QED) is 0.0804. The van der Waals surface area contributed by atoms with Gasteiger partial charge in [-0.1, -0.05) is 48.0 Å². The summed E-state index contributed by atoms with van der Waals surface area (Å²) in [6.07, 6.45) is 1.53. The molecule has 4 rings (SSSR count). The third-order valence-electron chi connectivity index (χ3n) is 5.85. The van der Waals surface area contributed by atoms with Crippen molar-refractivity contribution >= 4 is 64.2 Å². The summed E-state index contributed by atoms with van der Waals surface area (Å²) < 4.78 is 0. The van der Waals surface area contributed by atoms with Gasteiger partial charge in [0.15, 0.2) is 0 Å². The number of hydrogen-bond acceptors (Lipinski definition) is 6. The molecule has 0 unspecified atom stereocenters. The van der Waals surface area contributed by atoms with Crippen molar-refractivity contribution < 1.29 is 19.3 Å². The first-order valence-corrected chi connectivity index (χ1v) is 14.0. The van der Waals surface area contributed by atoms with E-state index in [1.807, 2.05) is 0 Å². The van der Waals surface area contributed by atoms with Crippen LogP contribution in [0.25, 0.3) is 6.08 Å². The molecule has 0 atom stereocenters. The molecule has 3 amide bonds. The minimum absolute atomic E-state index is 0.0158. The van der Waals surface area contributed by atoms with E-state index in [1.54, 1.807) is 85.8 Å². The van der Waals surface area contributed by atoms with Gasteiger partial charge in [-0.15, -0.1) is 11.8 Å². The van der Waals surface area contributed by atoms with Gasteiger partial charge in [0.1, 0.15) is 5.70 Å². The Labute approximate surface area is 251 Å². The zero-order valence-corrected chi connectivity index (χ0v) is 23.9. The van der Waals surface area contributed by atoms with Crippen molar-refractivity contribution in [1.82, 2.24) is 5.32 Å². The number of thioether (sulfide) groups is 1. The third-order valence-corrected chi connectivity index (χ3v) is 7.07. The van der Waals surface area contributed by atoms with Crippen LogP contribution in [0.3, 0.4) is 0 Å². The van der Waals surface area contributed by atoms with Gasteiger partial charge in [-0.05, 0) is 72.7 Å². The number of rotatable bonds is 10. The van der Waals surface area contributed by atoms with Crippen LogP contribution >= 0.6 is 23.4 Å². The number of benzene rings is 4. The van der Waals surface area contributed by atoms with Crippen molar-refractivity contribution in [2.75, 3.05) is 16.4 Å². The highest BCUT2D eigenvalue weighted by Crippen LogP contribution is 2.24. The first-order valence-electron chi connectivity index (χ1n) is 12.6. The fourth-order valence-electron chi connectivity index (χ4n) is 3.80. The fraction of sp³-hybridized carbons (Fsp3) is 0.0645. The molecular weight excluding hydrogens is 576 g/mol. The van der Waals surface area contributed by atoms with Gasteiger partial charge < -0.3 is 16.0 Å². The largest absolute Gasteiger partial charge is 0.325 e. The van der Waals surface area contributed by atoms with Gasteiger partial charge in [0, 0.05) is 39.0 Å². The molecule has 212 valence electrons. The van der Waals surface area contributed by atoms with E-state index in [-0.39, 0.29) is 23.0 Å². The molecule has 0 aliphatic heterocycles. The molecule has 11 heteroatoms. The molecule has 0 bridgehead atoms. The topological polar surface area (TPSA) is 130 Å². The van der Waals surface area contributed by atoms with E-state index in [9.17, 15) is 24.5 Å². The predicted octanol–water partition coefficient (Wildman–Crippen LogP) is 6.70. The zero-order chi connectivity index (χ0) is 30.1. The molecule has 4 aromatic carbocycles. The lowest BCUT2D eigenvalue weighted by Gasteiger charge is -2.12. The first kappa shape index (κ1) is 30.0. The number of anilines is 2. The van der Waals surface area contributed by atoms with Crippen LogP contribution in [0, 0.1) is 17.0 Å². The van der Waals surface area contributed by atoms with Gasteiger partial charge >= 0.3 is 0 Å². The Morgan fingerprint density at radius 3 is 2.38 bits per heavy atom. The fourth-order valence-corrected chi connectivity index (χ4v) is 4.76. The Bertz CT molecular complexity index is 1680. The van der Waals surface area contributed by atoms with Gasteiger partial charge in [0.25, 0.3) is 17.5 Å². The molecule has 42 heavy (non-hydrogen) atoms. The van der Waals surface area contributed by atoms with E-state index in [4.69, 9.17) is 11.6 Å². The van der Waals surface area contributed by atoms with Crippen LogP contribution in [0.5, 0.6) is 0 Å². The van der Waals surface area contributed by atoms with Gasteiger partial charge in [0.05, 0.1) is 10.7 Å². The Morgan fingerprint density at radius 2 is 1.67 bits per heavy atom. The lowest BCUT2D eigenvalue weighted by molar-refractivity contribution is -0.384. The maximum Gasteiger partial charge on any atom is 0.272 e. The molecule has 0 saturated carbocycles. The average molecular weight is 601 g/mol. The predicted molar refractivity (Wildman–Crippen MR) is 166 cm³/mol. The number of nitro groups is 1. The second kappa shape index (κ2) is 14.1. The molecule has 0 saturated heterocycles. The highest BCUT2D eigenvalue weighted by atomic mass is 35.5. The van der Waals surface area contributed by atoms with E-state index in [2.05, 4.69) is 16.0 Å². The van der Waals surface area contributed by atoms with Crippen molar-refractivity contribution in [2.45, 2.75) is 11.8 Å². The van der Waals surface area contributed by atoms with Gasteiger partial charge in [-0.3, -0.25) is 24.5 Å². The molecule has 9 nitrogen and oxygen atoms in total. The van der Waals surface area contributed by atoms with Crippen LogP contribution in [-0.4, -0.2) is 28.4 Å². The van der Waals surface area contributed by atoms with E-state index in [1.165, 1.54) is 36.0 Å². The molecule has 0 aliphatic carbocycles. The number of nitro benzene ring substituents is 1. The number of aryl methyl sites for hydroxylation is 1. The number of nitrogens with one attached hydrogen (secondary N) is 3. The third kappa shape index (κ3) is 8.53. The van der Waals surface area contributed by atoms with Crippen molar-refractivity contribution in [1.29, 1.82) is 0 Å². The first-order chi connectivity index (χ1) is 20.2. The summed E-state index contributed by atoms with van der Waals surface area (Å²) in [4.78, 5) is 49.8. The highest BCUT2D eigenvalue weighted by molar-refractivity contribution is 8.00. The number of nitrogens with zero attached hydrogens (tertiary/aromatic N) is 1. The molecule has 0 radical (unpaired) electrons. The van der Waals surface area contributed by atoms with E-state index < -0.39 is 16.7 Å². The monoisotopic (exact) mass is 600 g/mol. The number of amides is 3. The average Bonchev–Trinajstić information content (AvgIpc) is 2.97. The molecular formula is C31H25ClN4O5S. The SMILES string of the molecule is Cc1cc([N+](=O)[O-])ccc1NC(=O)CSc1cccc(NC(=O)/C(=C/c2cccc(Cl)c2)NC(=O)c2ccccc2)c1. The summed E-state index contributed by atoms with van der Waals surface area (Å²) in [5.41, 5.74) is 2.51. The van der Waals surface area contributed by atoms with Crippen LogP contribution in [0.1, 0.15) is 21.5 Å². The Morgan fingerprint density at radius 1 is 0.905 bits per heavy atom. The van der Waals surface area contributed by atoms with Crippen molar-refractivity contribution in [3.63, 3.8) is 0 Å². The van der Waals surface area contributed by atoms with Crippen LogP contribution in [-0.2, 0) is 9.59 Å². The van der Waals surface area contributed by atoms with E-state index in [0.29, 0.717) is 33.1 Å². The maximum atomic E-state index is 13.3. The maximum absolute atomic E-state index is 13.3. The second-order valence-corrected chi connectivity index (χ2v) is 10.5. The van der Waals surface area contributed by atoms with E-state index >= 15 is 0 Å². The number of hydrogen-bond donors (Lipinski definition) is 3. The normalized spacial score (nSPS) is 11.0. The van der Waals surface area contributed by atoms with Crippen molar-refractivity contribution in [3.8, 4) is 0 Å². The molecule has 4 aromatic rings. The standard InChI is InChI=1S/C31H25ClN4O5S/c1-20-15-25(36(40)41)13-14-27(20)34-29(37)19-42-26-12-6-11-24(18-26)33-31(39)28(17-21-7-5-10-23(32)16-21)35-30(38)22-8-3-2-4-9-22/h2-18H,19H2,1H3,(H,33,39)(H,34,37)(H,35,38)/b28-17-. The minimum atomic E-state index is -0.548. The Kier molecular flexibility index (Phi) is 10.1. The molecule has 3 N–H and O–H groups in total. The molecule has 0 aromatic heterocycles. The number of halogens is 1. The van der Waals surface area contributed by atoms with Gasteiger partial charge in [-0.25, -0.2) is 0 Å². The van der Waals surface area contributed by atoms with Crippen LogP contribution < -0.4 is 16.0 Å². The molecule has 0 heterocycles. The minimum Gasteiger partial charge on any atom is -0.325 e. The molecule has 0 aliphatic rings. The summed E-state index contributed by atoms with van der Waals surface area (Å²) in [5.74, 6) is -1.21. The zero-order valence-electron chi connectivity index (χ0n) is 22.3. The van der Waals surface area contributed by atoms with Gasteiger partial charge in [-0.2, -0.15) is 0 Å². The lowest BCUT2D eigenvalue weighted by atomic mass is 10.1. The number of carbonyl (C=O) groups is 3. The summed E-state index contributed by atoms with van der Waals surface area (Å²) in [5, 5.41) is 19.7. The second-order valence-electron chi connectivity index (χ2n) is 9.01. The highest BCUT2D eigenvalue weighted by Gasteiger charge is 2.16. The van der Waals surface area contributed by atoms with Crippen molar-refractivity contribution in [3.05, 3.63) is 135 Å². The van der Waals surface area contributed by atoms with E-state index in [0.717, 1.165) is 4.90 Å². The summed E-state index contributed by atoms with van der Waals surface area (Å²) in [7, 11) is 0. The smallest absolute Gasteiger partial charge is 0.272 e. The summed E-state index contributed by atoms with van der Waals surface area (Å²) >= 11 is 7.36. The Hall–Kier alpha value is -4.93. The number of non-ortho nitro benzene ring substituents is 1. The molecule has 0 fully saturated rings.